The van der Waals surface area contributed by atoms with Gasteiger partial charge >= 0.3 is 0 Å². The lowest BCUT2D eigenvalue weighted by Crippen LogP contribution is -2.12. The summed E-state index contributed by atoms with van der Waals surface area (Å²) in [6, 6.07) is 0. The lowest BCUT2D eigenvalue weighted by molar-refractivity contribution is 0.393. The standard InChI is InChI=1S/C13H23B/c1-2-11-5-6-12(9-11)10-13(14)7-3-4-8-13/h2,11-12H,1,3-10,14H2. The predicted molar refractivity (Wildman–Crippen MR) is 65.4 cm³/mol. The molecule has 0 aromatic rings. The molecule has 0 aliphatic heterocycles. The zero-order chi connectivity index (χ0) is 10.0. The molecule has 2 saturated carbocycles. The molecule has 2 aliphatic carbocycles. The third-order valence-corrected chi connectivity index (χ3v) is 4.51. The monoisotopic (exact) mass is 190 g/mol. The number of hydrogen-bond acceptors (Lipinski definition) is 0. The first-order valence-electron chi connectivity index (χ1n) is 6.34. The summed E-state index contributed by atoms with van der Waals surface area (Å²) in [6.07, 6.45) is 13.9. The Morgan fingerprint density at radius 1 is 1.29 bits per heavy atom. The van der Waals surface area contributed by atoms with E-state index in [1.165, 1.54) is 51.4 Å². The van der Waals surface area contributed by atoms with Gasteiger partial charge in [-0.25, -0.2) is 0 Å². The van der Waals surface area contributed by atoms with Crippen molar-refractivity contribution in [3.63, 3.8) is 0 Å². The summed E-state index contributed by atoms with van der Waals surface area (Å²) in [6.45, 7) is 3.93. The van der Waals surface area contributed by atoms with Crippen LogP contribution in [0.4, 0.5) is 0 Å². The third kappa shape index (κ3) is 2.24. The van der Waals surface area contributed by atoms with Crippen LogP contribution in [0.25, 0.3) is 0 Å². The molecule has 0 aromatic carbocycles. The van der Waals surface area contributed by atoms with E-state index in [2.05, 4.69) is 20.5 Å². The number of allylic oxidation sites excluding steroid dienone is 1. The molecule has 2 unspecified atom stereocenters. The molecule has 0 heterocycles. The summed E-state index contributed by atoms with van der Waals surface area (Å²) < 4.78 is 0. The van der Waals surface area contributed by atoms with Crippen LogP contribution < -0.4 is 0 Å². The minimum Gasteiger partial charge on any atom is -0.103 e. The van der Waals surface area contributed by atoms with Crippen LogP contribution in [0.3, 0.4) is 0 Å². The van der Waals surface area contributed by atoms with Crippen LogP contribution in [0, 0.1) is 11.8 Å². The third-order valence-electron chi connectivity index (χ3n) is 4.51. The van der Waals surface area contributed by atoms with Crippen LogP contribution in [0.2, 0.25) is 5.31 Å². The molecular weight excluding hydrogens is 167 g/mol. The highest BCUT2D eigenvalue weighted by atomic mass is 14.4. The Hall–Kier alpha value is -0.195. The Kier molecular flexibility index (Phi) is 3.04. The minimum atomic E-state index is 0.709. The maximum atomic E-state index is 3.93. The lowest BCUT2D eigenvalue weighted by Gasteiger charge is -2.27. The smallest absolute Gasteiger partial charge is 0.103 e. The molecule has 2 fully saturated rings. The second-order valence-corrected chi connectivity index (χ2v) is 5.90. The molecule has 0 N–H and O–H groups in total. The SMILES string of the molecule is BC1(CC2CCC(C=C)C2)CCCC1. The molecule has 0 nitrogen and oxygen atoms in total. The van der Waals surface area contributed by atoms with Gasteiger partial charge in [-0.2, -0.15) is 0 Å². The van der Waals surface area contributed by atoms with Crippen LogP contribution >= 0.6 is 0 Å². The van der Waals surface area contributed by atoms with E-state index < -0.39 is 0 Å². The average molecular weight is 190 g/mol. The van der Waals surface area contributed by atoms with E-state index in [4.69, 9.17) is 0 Å². The molecule has 0 aromatic heterocycles. The summed E-state index contributed by atoms with van der Waals surface area (Å²) in [5, 5.41) is 0.709. The highest BCUT2D eigenvalue weighted by Gasteiger charge is 2.33. The molecule has 14 heavy (non-hydrogen) atoms. The van der Waals surface area contributed by atoms with E-state index in [1.807, 2.05) is 0 Å². The molecule has 0 spiro atoms. The first-order valence-corrected chi connectivity index (χ1v) is 6.34. The topological polar surface area (TPSA) is 0 Å². The summed E-state index contributed by atoms with van der Waals surface area (Å²) in [5.74, 6) is 1.85. The molecule has 0 amide bonds. The maximum Gasteiger partial charge on any atom is 0.109 e. The Bertz CT molecular complexity index is 203. The van der Waals surface area contributed by atoms with Gasteiger partial charge in [0, 0.05) is 0 Å². The Labute approximate surface area is 89.6 Å². The van der Waals surface area contributed by atoms with Crippen molar-refractivity contribution >= 4 is 7.85 Å². The van der Waals surface area contributed by atoms with Crippen LogP contribution in [0.1, 0.15) is 51.4 Å². The van der Waals surface area contributed by atoms with E-state index in [0.717, 1.165) is 11.8 Å². The zero-order valence-corrected chi connectivity index (χ0v) is 9.60. The van der Waals surface area contributed by atoms with Crippen molar-refractivity contribution < 1.29 is 0 Å². The summed E-state index contributed by atoms with van der Waals surface area (Å²) in [4.78, 5) is 0. The zero-order valence-electron chi connectivity index (χ0n) is 9.60. The molecule has 0 saturated heterocycles. The Balaban J connectivity index is 1.83. The van der Waals surface area contributed by atoms with Crippen molar-refractivity contribution in [1.29, 1.82) is 0 Å². The Morgan fingerprint density at radius 3 is 2.57 bits per heavy atom. The first kappa shape index (κ1) is 10.3. The van der Waals surface area contributed by atoms with Crippen LogP contribution in [-0.4, -0.2) is 7.85 Å². The van der Waals surface area contributed by atoms with Gasteiger partial charge in [-0.3, -0.25) is 0 Å². The quantitative estimate of drug-likeness (QED) is 0.473. The largest absolute Gasteiger partial charge is 0.109 e. The summed E-state index contributed by atoms with van der Waals surface area (Å²) >= 11 is 0. The van der Waals surface area contributed by atoms with Gasteiger partial charge in [0.15, 0.2) is 0 Å². The maximum absolute atomic E-state index is 3.93. The van der Waals surface area contributed by atoms with E-state index >= 15 is 0 Å². The van der Waals surface area contributed by atoms with Gasteiger partial charge < -0.3 is 0 Å². The fourth-order valence-corrected chi connectivity index (χ4v) is 3.64. The molecule has 0 bridgehead atoms. The molecule has 78 valence electrons. The van der Waals surface area contributed by atoms with Gasteiger partial charge in [-0.1, -0.05) is 43.5 Å². The number of hydrogen-bond donors (Lipinski definition) is 0. The van der Waals surface area contributed by atoms with Gasteiger partial charge in [0.2, 0.25) is 0 Å². The van der Waals surface area contributed by atoms with E-state index in [9.17, 15) is 0 Å². The van der Waals surface area contributed by atoms with Crippen molar-refractivity contribution in [2.24, 2.45) is 11.8 Å². The fourth-order valence-electron chi connectivity index (χ4n) is 3.64. The van der Waals surface area contributed by atoms with E-state index in [0.29, 0.717) is 5.31 Å². The van der Waals surface area contributed by atoms with Crippen molar-refractivity contribution in [1.82, 2.24) is 0 Å². The lowest BCUT2D eigenvalue weighted by atomic mass is 9.62. The fraction of sp³-hybridized carbons (Fsp3) is 0.846. The molecule has 2 rings (SSSR count). The van der Waals surface area contributed by atoms with Gasteiger partial charge in [0.1, 0.15) is 7.85 Å². The van der Waals surface area contributed by atoms with Gasteiger partial charge in [0.05, 0.1) is 0 Å². The van der Waals surface area contributed by atoms with E-state index in [1.54, 1.807) is 0 Å². The molecule has 1 heteroatoms. The summed E-state index contributed by atoms with van der Waals surface area (Å²) in [7, 11) is 2.52. The van der Waals surface area contributed by atoms with Gasteiger partial charge in [-0.05, 0) is 31.1 Å². The first-order chi connectivity index (χ1) is 6.72. The van der Waals surface area contributed by atoms with Crippen LogP contribution in [0.15, 0.2) is 12.7 Å². The van der Waals surface area contributed by atoms with E-state index in [-0.39, 0.29) is 0 Å². The van der Waals surface area contributed by atoms with Crippen molar-refractivity contribution in [3.05, 3.63) is 12.7 Å². The molecular formula is C13H23B. The van der Waals surface area contributed by atoms with Crippen molar-refractivity contribution in [2.75, 3.05) is 0 Å². The molecule has 0 radical (unpaired) electrons. The second-order valence-electron chi connectivity index (χ2n) is 5.90. The Morgan fingerprint density at radius 2 is 2.00 bits per heavy atom. The predicted octanol–water partition coefficient (Wildman–Crippen LogP) is 3.34. The normalized spacial score (nSPS) is 36.0. The molecule has 2 aliphatic rings. The highest BCUT2D eigenvalue weighted by molar-refractivity contribution is 6.15. The van der Waals surface area contributed by atoms with Crippen molar-refractivity contribution in [2.45, 2.75) is 56.7 Å². The van der Waals surface area contributed by atoms with Crippen LogP contribution in [-0.2, 0) is 0 Å². The van der Waals surface area contributed by atoms with Gasteiger partial charge in [0.25, 0.3) is 0 Å². The minimum absolute atomic E-state index is 0.709. The highest BCUT2D eigenvalue weighted by Crippen LogP contribution is 2.50. The molecule has 2 atom stereocenters. The average Bonchev–Trinajstić information content (AvgIpc) is 2.75. The summed E-state index contributed by atoms with van der Waals surface area (Å²) in [5.41, 5.74) is 0. The van der Waals surface area contributed by atoms with Crippen molar-refractivity contribution in [3.8, 4) is 0 Å². The second kappa shape index (κ2) is 4.12. The van der Waals surface area contributed by atoms with Crippen LogP contribution in [0.5, 0.6) is 0 Å². The van der Waals surface area contributed by atoms with Gasteiger partial charge in [-0.15, -0.1) is 6.58 Å². The number of rotatable bonds is 3.